The Balaban J connectivity index is 1.65. The van der Waals surface area contributed by atoms with Crippen LogP contribution in [0.2, 0.25) is 0 Å². The number of rotatable bonds is 7. The van der Waals surface area contributed by atoms with E-state index >= 15 is 0 Å². The number of hydrogen-bond acceptors (Lipinski definition) is 7. The highest BCUT2D eigenvalue weighted by Gasteiger charge is 2.41. The highest BCUT2D eigenvalue weighted by Crippen LogP contribution is 2.51. The monoisotopic (exact) mass is 568 g/mol. The van der Waals surface area contributed by atoms with Gasteiger partial charge in [-0.3, -0.25) is 9.59 Å². The molecule has 10 heteroatoms. The Labute approximate surface area is 237 Å². The van der Waals surface area contributed by atoms with Gasteiger partial charge < -0.3 is 33.9 Å². The molecule has 2 aromatic carbocycles. The molecule has 0 fully saturated rings. The van der Waals surface area contributed by atoms with E-state index < -0.39 is 11.5 Å². The van der Waals surface area contributed by atoms with Gasteiger partial charge in [0.1, 0.15) is 23.0 Å². The van der Waals surface area contributed by atoms with Crippen molar-refractivity contribution in [2.75, 3.05) is 38.7 Å². The molecule has 0 bridgehead atoms. The zero-order valence-corrected chi connectivity index (χ0v) is 24.1. The number of ether oxygens (including phenoxy) is 4. The number of aliphatic hydroxyl groups excluding tert-OH is 1. The number of amides is 1. The number of alkyl halides is 1. The molecule has 0 saturated heterocycles. The number of nitrogens with zero attached hydrogens (tertiary/aromatic N) is 1. The molecule has 212 valence electrons. The zero-order valence-electron chi connectivity index (χ0n) is 23.4. The van der Waals surface area contributed by atoms with Gasteiger partial charge in [0.15, 0.2) is 11.5 Å². The number of H-pyrrole nitrogens is 1. The van der Waals surface area contributed by atoms with E-state index in [9.17, 15) is 14.7 Å². The van der Waals surface area contributed by atoms with E-state index in [1.165, 1.54) is 21.3 Å². The fraction of sp³-hybridized carbons (Fsp3) is 0.400. The van der Waals surface area contributed by atoms with Crippen LogP contribution >= 0.6 is 11.6 Å². The van der Waals surface area contributed by atoms with E-state index in [1.54, 1.807) is 23.1 Å². The third-order valence-electron chi connectivity index (χ3n) is 7.31. The van der Waals surface area contributed by atoms with E-state index in [0.29, 0.717) is 51.6 Å². The van der Waals surface area contributed by atoms with Gasteiger partial charge in [0.05, 0.1) is 39.1 Å². The van der Waals surface area contributed by atoms with E-state index in [2.05, 4.69) is 4.98 Å². The summed E-state index contributed by atoms with van der Waals surface area (Å²) >= 11 is 6.45. The molecule has 5 rings (SSSR count). The van der Waals surface area contributed by atoms with Crippen LogP contribution in [-0.2, 0) is 16.1 Å². The predicted molar refractivity (Wildman–Crippen MR) is 153 cm³/mol. The molecule has 2 atom stereocenters. The Kier molecular flexibility index (Phi) is 7.22. The summed E-state index contributed by atoms with van der Waals surface area (Å²) in [5, 5.41) is 10.8. The van der Waals surface area contributed by atoms with E-state index in [0.717, 1.165) is 16.7 Å². The quantitative estimate of drug-likeness (QED) is 0.301. The van der Waals surface area contributed by atoms with Gasteiger partial charge in [-0.2, -0.15) is 0 Å². The van der Waals surface area contributed by atoms with Crippen molar-refractivity contribution < 1.29 is 33.6 Å². The summed E-state index contributed by atoms with van der Waals surface area (Å²) in [4.78, 5) is 31.6. The van der Waals surface area contributed by atoms with Crippen LogP contribution in [-0.4, -0.2) is 61.3 Å². The number of benzene rings is 2. The Morgan fingerprint density at radius 2 is 1.85 bits per heavy atom. The van der Waals surface area contributed by atoms with Crippen molar-refractivity contribution in [1.29, 1.82) is 0 Å². The van der Waals surface area contributed by atoms with Crippen LogP contribution in [0.15, 0.2) is 24.3 Å². The maximum absolute atomic E-state index is 14.1. The van der Waals surface area contributed by atoms with Crippen molar-refractivity contribution in [1.82, 2.24) is 4.98 Å². The first-order valence-corrected chi connectivity index (χ1v) is 13.5. The summed E-state index contributed by atoms with van der Waals surface area (Å²) < 4.78 is 22.3. The molecular weight excluding hydrogens is 536 g/mol. The second kappa shape index (κ2) is 10.4. The summed E-state index contributed by atoms with van der Waals surface area (Å²) in [5.74, 6) is 0.246. The first-order valence-electron chi connectivity index (χ1n) is 13.0. The average Bonchev–Trinajstić information content (AvgIpc) is 3.65. The van der Waals surface area contributed by atoms with Crippen molar-refractivity contribution >= 4 is 46.1 Å². The fourth-order valence-corrected chi connectivity index (χ4v) is 5.94. The van der Waals surface area contributed by atoms with Crippen molar-refractivity contribution in [3.8, 4) is 17.2 Å². The van der Waals surface area contributed by atoms with Gasteiger partial charge in [-0.25, -0.2) is 0 Å². The topological polar surface area (TPSA) is 110 Å². The molecule has 1 aromatic heterocycles. The molecule has 1 aliphatic carbocycles. The molecule has 9 nitrogen and oxygen atoms in total. The van der Waals surface area contributed by atoms with Gasteiger partial charge in [0.25, 0.3) is 5.91 Å². The van der Waals surface area contributed by atoms with Crippen molar-refractivity contribution in [3.63, 3.8) is 0 Å². The van der Waals surface area contributed by atoms with Crippen LogP contribution in [0.1, 0.15) is 65.3 Å². The average molecular weight is 569 g/mol. The number of hydrogen-bond donors (Lipinski definition) is 2. The fourth-order valence-electron chi connectivity index (χ4n) is 5.69. The summed E-state index contributed by atoms with van der Waals surface area (Å²) in [7, 11) is 4.38. The first-order chi connectivity index (χ1) is 19.1. The lowest BCUT2D eigenvalue weighted by molar-refractivity contribution is -0.141. The maximum atomic E-state index is 14.1. The van der Waals surface area contributed by atoms with E-state index in [4.69, 9.17) is 30.5 Å². The Hall–Kier alpha value is -3.69. The van der Waals surface area contributed by atoms with Gasteiger partial charge in [0.2, 0.25) is 0 Å². The molecule has 0 spiro atoms. The molecule has 2 heterocycles. The number of aliphatic hydroxyl groups is 1. The van der Waals surface area contributed by atoms with Crippen LogP contribution < -0.4 is 19.1 Å². The summed E-state index contributed by atoms with van der Waals surface area (Å²) in [6, 6.07) is 5.33. The largest absolute Gasteiger partial charge is 0.493 e. The van der Waals surface area contributed by atoms with Crippen LogP contribution in [0.5, 0.6) is 17.2 Å². The summed E-state index contributed by atoms with van der Waals surface area (Å²) in [6.45, 7) is 5.84. The van der Waals surface area contributed by atoms with Crippen LogP contribution in [0.3, 0.4) is 0 Å². The van der Waals surface area contributed by atoms with Crippen LogP contribution in [0, 0.1) is 0 Å². The molecule has 0 saturated carbocycles. The lowest BCUT2D eigenvalue weighted by atomic mass is 9.91. The molecular formula is C30H33ClN2O7. The smallest absolute Gasteiger partial charge is 0.317 e. The van der Waals surface area contributed by atoms with Crippen molar-refractivity contribution in [2.45, 2.75) is 44.8 Å². The normalized spacial score (nSPS) is 17.6. The van der Waals surface area contributed by atoms with Crippen molar-refractivity contribution in [2.24, 2.45) is 0 Å². The number of aromatic nitrogens is 1. The SMILES string of the molecule is COC(=O)C1C=Cc2c1c(OC(C)(C)C)cc1c2[C@H](CCl)CN1C(=O)c1cc2cc(OC)c(OC)c(CO)c2[nH]1. The Morgan fingerprint density at radius 1 is 1.10 bits per heavy atom. The van der Waals surface area contributed by atoms with E-state index in [1.807, 2.05) is 32.9 Å². The third kappa shape index (κ3) is 4.47. The zero-order chi connectivity index (χ0) is 28.9. The molecule has 1 unspecified atom stereocenters. The number of anilines is 1. The second-order valence-electron chi connectivity index (χ2n) is 10.9. The molecule has 40 heavy (non-hydrogen) atoms. The minimum atomic E-state index is -0.612. The van der Waals surface area contributed by atoms with Gasteiger partial charge in [-0.15, -0.1) is 11.6 Å². The van der Waals surface area contributed by atoms with Crippen LogP contribution in [0.4, 0.5) is 5.69 Å². The predicted octanol–water partition coefficient (Wildman–Crippen LogP) is 5.12. The van der Waals surface area contributed by atoms with Gasteiger partial charge in [0, 0.05) is 40.9 Å². The number of halogens is 1. The standard InChI is InChI=1S/C30H33ClN2O7/c1-30(2,3)40-22-11-21-24(17-7-8-18(25(17)22)29(36)39-6)16(12-31)13-33(21)28(35)20-9-15-10-23(37-4)27(38-5)19(14-34)26(15)32-20/h7-11,16,18,32,34H,12-14H2,1-6H3/t16-,18?/m1/s1. The summed E-state index contributed by atoms with van der Waals surface area (Å²) in [6.07, 6.45) is 3.70. The van der Waals surface area contributed by atoms with Gasteiger partial charge >= 0.3 is 5.97 Å². The summed E-state index contributed by atoms with van der Waals surface area (Å²) in [5.41, 5.74) is 4.01. The molecule has 2 aliphatic rings. The highest BCUT2D eigenvalue weighted by molar-refractivity contribution is 6.19. The molecule has 0 radical (unpaired) electrons. The molecule has 1 amide bonds. The maximum Gasteiger partial charge on any atom is 0.317 e. The Morgan fingerprint density at radius 3 is 2.45 bits per heavy atom. The minimum absolute atomic E-state index is 0.156. The highest BCUT2D eigenvalue weighted by atomic mass is 35.5. The van der Waals surface area contributed by atoms with E-state index in [-0.39, 0.29) is 30.3 Å². The number of aromatic amines is 1. The molecule has 2 N–H and O–H groups in total. The van der Waals surface area contributed by atoms with Crippen molar-refractivity contribution in [3.05, 3.63) is 52.2 Å². The lowest BCUT2D eigenvalue weighted by Gasteiger charge is -2.27. The number of carbonyl (C=O) groups is 2. The number of nitrogens with one attached hydrogen (secondary N) is 1. The lowest BCUT2D eigenvalue weighted by Crippen LogP contribution is -2.30. The first kappa shape index (κ1) is 27.9. The second-order valence-corrected chi connectivity index (χ2v) is 11.2. The van der Waals surface area contributed by atoms with Gasteiger partial charge in [-0.05, 0) is 44.0 Å². The number of carbonyl (C=O) groups excluding carboxylic acids is 2. The molecule has 1 aliphatic heterocycles. The number of esters is 1. The number of methoxy groups -OCH3 is 3. The molecule has 3 aromatic rings. The van der Waals surface area contributed by atoms with Crippen LogP contribution in [0.25, 0.3) is 17.0 Å². The third-order valence-corrected chi connectivity index (χ3v) is 7.68. The Bertz CT molecular complexity index is 1540. The van der Waals surface area contributed by atoms with Gasteiger partial charge in [-0.1, -0.05) is 12.2 Å². The minimum Gasteiger partial charge on any atom is -0.493 e. The number of fused-ring (bicyclic) bond motifs is 4.